The van der Waals surface area contributed by atoms with Crippen LogP contribution >= 0.6 is 33.9 Å². The van der Waals surface area contributed by atoms with E-state index < -0.39 is 0 Å². The van der Waals surface area contributed by atoms with Gasteiger partial charge in [0.1, 0.15) is 0 Å². The monoisotopic (exact) mass is 397 g/mol. The highest BCUT2D eigenvalue weighted by Gasteiger charge is 2.16. The Balaban J connectivity index is 1.95. The SMILES string of the molecule is CNC(Cc1nn(C)c2ccccc12)c1csc(I)c1. The molecule has 0 aliphatic heterocycles. The molecule has 0 bridgehead atoms. The van der Waals surface area contributed by atoms with Crippen molar-refractivity contribution < 1.29 is 0 Å². The summed E-state index contributed by atoms with van der Waals surface area (Å²) in [6.45, 7) is 0. The predicted molar refractivity (Wildman–Crippen MR) is 93.3 cm³/mol. The van der Waals surface area contributed by atoms with E-state index >= 15 is 0 Å². The third-order valence-corrected chi connectivity index (χ3v) is 5.38. The average Bonchev–Trinajstić information content (AvgIpc) is 3.01. The van der Waals surface area contributed by atoms with Crippen LogP contribution in [-0.4, -0.2) is 16.8 Å². The van der Waals surface area contributed by atoms with Crippen LogP contribution in [0.5, 0.6) is 0 Å². The van der Waals surface area contributed by atoms with Crippen LogP contribution in [0.2, 0.25) is 0 Å². The van der Waals surface area contributed by atoms with Gasteiger partial charge in [-0.15, -0.1) is 11.3 Å². The second-order valence-electron chi connectivity index (χ2n) is 4.82. The van der Waals surface area contributed by atoms with Crippen molar-refractivity contribution in [2.45, 2.75) is 12.5 Å². The molecule has 0 aliphatic rings. The Morgan fingerprint density at radius 2 is 2.20 bits per heavy atom. The summed E-state index contributed by atoms with van der Waals surface area (Å²) < 4.78 is 3.29. The topological polar surface area (TPSA) is 29.9 Å². The molecule has 2 aromatic heterocycles. The molecule has 1 unspecified atom stereocenters. The van der Waals surface area contributed by atoms with Crippen molar-refractivity contribution in [2.75, 3.05) is 7.05 Å². The maximum atomic E-state index is 4.69. The molecule has 3 aromatic rings. The zero-order valence-electron chi connectivity index (χ0n) is 11.4. The van der Waals surface area contributed by atoms with Crippen LogP contribution in [-0.2, 0) is 13.5 Å². The molecule has 0 spiro atoms. The summed E-state index contributed by atoms with van der Waals surface area (Å²) in [6.07, 6.45) is 0.907. The highest BCUT2D eigenvalue weighted by Crippen LogP contribution is 2.27. The van der Waals surface area contributed by atoms with Crippen LogP contribution in [0, 0.1) is 2.88 Å². The Morgan fingerprint density at radius 1 is 1.40 bits per heavy atom. The standard InChI is InChI=1S/C15H16IN3S/c1-17-12(10-7-15(16)20-9-10)8-13-11-5-3-4-6-14(11)19(2)18-13/h3-7,9,12,17H,8H2,1-2H3. The first-order chi connectivity index (χ1) is 9.69. The largest absolute Gasteiger partial charge is 0.313 e. The van der Waals surface area contributed by atoms with Crippen LogP contribution < -0.4 is 5.32 Å². The van der Waals surface area contributed by atoms with Gasteiger partial charge in [-0.25, -0.2) is 0 Å². The van der Waals surface area contributed by atoms with Gasteiger partial charge in [0.15, 0.2) is 0 Å². The molecule has 0 radical (unpaired) electrons. The molecule has 3 nitrogen and oxygen atoms in total. The number of aryl methyl sites for hydroxylation is 1. The molecule has 5 heteroatoms. The molecule has 0 fully saturated rings. The van der Waals surface area contributed by atoms with Gasteiger partial charge in [-0.1, -0.05) is 18.2 Å². The van der Waals surface area contributed by atoms with E-state index in [-0.39, 0.29) is 0 Å². The zero-order valence-corrected chi connectivity index (χ0v) is 14.4. The number of hydrogen-bond donors (Lipinski definition) is 1. The van der Waals surface area contributed by atoms with Gasteiger partial charge in [0.2, 0.25) is 0 Å². The van der Waals surface area contributed by atoms with Crippen LogP contribution in [0.15, 0.2) is 35.7 Å². The smallest absolute Gasteiger partial charge is 0.0722 e. The molecule has 2 heterocycles. The van der Waals surface area contributed by atoms with E-state index in [0.717, 1.165) is 12.1 Å². The summed E-state index contributed by atoms with van der Waals surface area (Å²) in [4.78, 5) is 0. The molecule has 0 aliphatic carbocycles. The maximum absolute atomic E-state index is 4.69. The van der Waals surface area contributed by atoms with E-state index in [1.165, 1.54) is 19.4 Å². The Morgan fingerprint density at radius 3 is 2.90 bits per heavy atom. The number of para-hydroxylation sites is 1. The lowest BCUT2D eigenvalue weighted by atomic mass is 10.0. The van der Waals surface area contributed by atoms with Crippen LogP contribution in [0.4, 0.5) is 0 Å². The summed E-state index contributed by atoms with van der Waals surface area (Å²) in [7, 11) is 4.02. The van der Waals surface area contributed by atoms with E-state index in [4.69, 9.17) is 0 Å². The Hall–Kier alpha value is -0.920. The van der Waals surface area contributed by atoms with Crippen molar-refractivity contribution in [1.82, 2.24) is 15.1 Å². The highest BCUT2D eigenvalue weighted by atomic mass is 127. The van der Waals surface area contributed by atoms with Crippen molar-refractivity contribution in [3.05, 3.63) is 49.9 Å². The molecular weight excluding hydrogens is 381 g/mol. The van der Waals surface area contributed by atoms with Crippen molar-refractivity contribution in [2.24, 2.45) is 7.05 Å². The molecule has 104 valence electrons. The van der Waals surface area contributed by atoms with E-state index in [2.05, 4.69) is 68.7 Å². The number of rotatable bonds is 4. The number of thiophene rings is 1. The second-order valence-corrected chi connectivity index (χ2v) is 7.62. The lowest BCUT2D eigenvalue weighted by Gasteiger charge is -2.13. The fourth-order valence-corrected chi connectivity index (χ4v) is 3.95. The molecular formula is C15H16IN3S. The van der Waals surface area contributed by atoms with E-state index in [1.807, 2.05) is 18.8 Å². The van der Waals surface area contributed by atoms with Crippen molar-refractivity contribution in [1.29, 1.82) is 0 Å². The molecule has 0 amide bonds. The van der Waals surface area contributed by atoms with Gasteiger partial charge in [0, 0.05) is 24.9 Å². The minimum Gasteiger partial charge on any atom is -0.313 e. The van der Waals surface area contributed by atoms with Crippen LogP contribution in [0.1, 0.15) is 17.3 Å². The Kier molecular flexibility index (Phi) is 4.09. The molecule has 1 aromatic carbocycles. The zero-order chi connectivity index (χ0) is 14.1. The van der Waals surface area contributed by atoms with E-state index in [0.29, 0.717) is 6.04 Å². The Labute approximate surface area is 136 Å². The van der Waals surface area contributed by atoms with Gasteiger partial charge in [0.05, 0.1) is 14.1 Å². The summed E-state index contributed by atoms with van der Waals surface area (Å²) in [5, 5.41) is 11.6. The van der Waals surface area contributed by atoms with Crippen LogP contribution in [0.3, 0.4) is 0 Å². The number of benzene rings is 1. The van der Waals surface area contributed by atoms with Crippen molar-refractivity contribution >= 4 is 44.8 Å². The number of nitrogens with one attached hydrogen (secondary N) is 1. The third kappa shape index (κ3) is 2.62. The first kappa shape index (κ1) is 14.0. The lowest BCUT2D eigenvalue weighted by Crippen LogP contribution is -2.18. The van der Waals surface area contributed by atoms with Gasteiger partial charge in [-0.05, 0) is 52.7 Å². The summed E-state index contributed by atoms with van der Waals surface area (Å²) in [5.41, 5.74) is 3.69. The van der Waals surface area contributed by atoms with E-state index in [1.54, 1.807) is 11.3 Å². The number of aromatic nitrogens is 2. The van der Waals surface area contributed by atoms with Gasteiger partial charge in [-0.2, -0.15) is 5.10 Å². The quantitative estimate of drug-likeness (QED) is 0.680. The number of fused-ring (bicyclic) bond motifs is 1. The van der Waals surface area contributed by atoms with Crippen molar-refractivity contribution in [3.8, 4) is 0 Å². The molecule has 0 saturated heterocycles. The molecule has 1 N–H and O–H groups in total. The fourth-order valence-electron chi connectivity index (χ4n) is 2.53. The normalized spacial score (nSPS) is 12.9. The van der Waals surface area contributed by atoms with Crippen LogP contribution in [0.25, 0.3) is 10.9 Å². The van der Waals surface area contributed by atoms with Gasteiger partial charge in [-0.3, -0.25) is 4.68 Å². The highest BCUT2D eigenvalue weighted by molar-refractivity contribution is 14.1. The van der Waals surface area contributed by atoms with Gasteiger partial charge < -0.3 is 5.32 Å². The number of nitrogens with zero attached hydrogens (tertiary/aromatic N) is 2. The first-order valence-corrected chi connectivity index (χ1v) is 8.46. The number of likely N-dealkylation sites (N-methyl/N-ethyl adjacent to an activating group) is 1. The minimum absolute atomic E-state index is 0.313. The van der Waals surface area contributed by atoms with Crippen molar-refractivity contribution in [3.63, 3.8) is 0 Å². The maximum Gasteiger partial charge on any atom is 0.0722 e. The lowest BCUT2D eigenvalue weighted by molar-refractivity contribution is 0.581. The minimum atomic E-state index is 0.313. The Bertz CT molecular complexity index is 732. The molecule has 3 rings (SSSR count). The first-order valence-electron chi connectivity index (χ1n) is 6.51. The predicted octanol–water partition coefficient (Wildman–Crippen LogP) is 3.74. The summed E-state index contributed by atoms with van der Waals surface area (Å²) >= 11 is 4.16. The number of hydrogen-bond acceptors (Lipinski definition) is 3. The van der Waals surface area contributed by atoms with Gasteiger partial charge in [0.25, 0.3) is 0 Å². The molecule has 1 atom stereocenters. The third-order valence-electron chi connectivity index (χ3n) is 3.57. The average molecular weight is 397 g/mol. The second kappa shape index (κ2) is 5.83. The fraction of sp³-hybridized carbons (Fsp3) is 0.267. The van der Waals surface area contributed by atoms with Gasteiger partial charge >= 0.3 is 0 Å². The summed E-state index contributed by atoms with van der Waals surface area (Å²) in [5.74, 6) is 0. The summed E-state index contributed by atoms with van der Waals surface area (Å²) in [6, 6.07) is 11.0. The molecule has 20 heavy (non-hydrogen) atoms. The number of halogens is 1. The van der Waals surface area contributed by atoms with E-state index in [9.17, 15) is 0 Å². The molecule has 0 saturated carbocycles.